The molecule has 0 saturated heterocycles. The van der Waals surface area contributed by atoms with Gasteiger partial charge in [0.2, 0.25) is 0 Å². The topological polar surface area (TPSA) is 79.5 Å². The molecular formula is C20H31F2N3O2. The number of nitrogens with one attached hydrogen (secondary N) is 2. The van der Waals surface area contributed by atoms with E-state index in [9.17, 15) is 13.9 Å². The Bertz CT molecular complexity index is 607. The highest BCUT2D eigenvalue weighted by Crippen LogP contribution is 2.27. The molecule has 0 spiro atoms. The molecule has 2 atom stereocenters. The molecule has 1 fully saturated rings. The summed E-state index contributed by atoms with van der Waals surface area (Å²) in [6.45, 7) is 0.383. The highest BCUT2D eigenvalue weighted by atomic mass is 19.1. The van der Waals surface area contributed by atoms with Crippen LogP contribution in [0.3, 0.4) is 0 Å². The maximum absolute atomic E-state index is 13.9. The number of halogens is 2. The average molecular weight is 383 g/mol. The quantitative estimate of drug-likeness (QED) is 0.467. The van der Waals surface area contributed by atoms with Crippen LogP contribution in [0.4, 0.5) is 8.78 Å². The molecule has 0 amide bonds. The summed E-state index contributed by atoms with van der Waals surface area (Å²) in [5.74, 6) is -0.315. The third-order valence-electron chi connectivity index (χ3n) is 4.94. The van der Waals surface area contributed by atoms with E-state index in [0.29, 0.717) is 18.3 Å². The average Bonchev–Trinajstić information content (AvgIpc) is 2.67. The summed E-state index contributed by atoms with van der Waals surface area (Å²) in [5, 5.41) is 16.0. The highest BCUT2D eigenvalue weighted by Gasteiger charge is 2.24. The van der Waals surface area contributed by atoms with Gasteiger partial charge >= 0.3 is 0 Å². The molecule has 1 aromatic carbocycles. The van der Waals surface area contributed by atoms with E-state index in [1.165, 1.54) is 6.42 Å². The minimum atomic E-state index is -0.527. The Morgan fingerprint density at radius 3 is 2.74 bits per heavy atom. The number of aliphatic hydroxyl groups is 1. The van der Waals surface area contributed by atoms with Gasteiger partial charge in [-0.3, -0.25) is 0 Å². The van der Waals surface area contributed by atoms with E-state index in [4.69, 9.17) is 10.5 Å². The molecular weight excluding hydrogens is 352 g/mol. The molecule has 0 radical (unpaired) electrons. The van der Waals surface area contributed by atoms with Crippen molar-refractivity contribution in [2.24, 2.45) is 11.7 Å². The maximum atomic E-state index is 13.9. The first-order valence-corrected chi connectivity index (χ1v) is 9.59. The van der Waals surface area contributed by atoms with Crippen LogP contribution in [0.1, 0.15) is 37.7 Å². The van der Waals surface area contributed by atoms with E-state index in [1.807, 2.05) is 0 Å². The Balaban J connectivity index is 2.08. The molecule has 152 valence electrons. The Morgan fingerprint density at radius 1 is 1.33 bits per heavy atom. The summed E-state index contributed by atoms with van der Waals surface area (Å²) < 4.78 is 33.0. The van der Waals surface area contributed by atoms with Gasteiger partial charge in [0.1, 0.15) is 18.2 Å². The second kappa shape index (κ2) is 11.2. The maximum Gasteiger partial charge on any atom is 0.184 e. The van der Waals surface area contributed by atoms with Crippen molar-refractivity contribution in [3.05, 3.63) is 47.4 Å². The lowest BCUT2D eigenvalue weighted by molar-refractivity contribution is 0.124. The second-order valence-corrected chi connectivity index (χ2v) is 7.11. The summed E-state index contributed by atoms with van der Waals surface area (Å²) in [5.41, 5.74) is 6.18. The van der Waals surface area contributed by atoms with Crippen LogP contribution in [0.2, 0.25) is 0 Å². The van der Waals surface area contributed by atoms with Crippen molar-refractivity contribution in [1.82, 2.24) is 10.6 Å². The molecule has 2 rings (SSSR count). The minimum Gasteiger partial charge on any atom is -0.474 e. The van der Waals surface area contributed by atoms with E-state index < -0.39 is 11.6 Å². The van der Waals surface area contributed by atoms with Crippen LogP contribution >= 0.6 is 0 Å². The summed E-state index contributed by atoms with van der Waals surface area (Å²) in [6, 6.07) is 2.79. The number of hydrogen-bond acceptors (Lipinski definition) is 5. The van der Waals surface area contributed by atoms with Gasteiger partial charge in [0.25, 0.3) is 0 Å². The van der Waals surface area contributed by atoms with Gasteiger partial charge in [-0.05, 0) is 50.1 Å². The van der Waals surface area contributed by atoms with E-state index in [0.717, 1.165) is 43.9 Å². The number of aliphatic hydroxyl groups excluding tert-OH is 1. The first kappa shape index (κ1) is 21.6. The van der Waals surface area contributed by atoms with E-state index >= 15 is 0 Å². The van der Waals surface area contributed by atoms with Crippen molar-refractivity contribution in [1.29, 1.82) is 0 Å². The van der Waals surface area contributed by atoms with E-state index in [1.54, 1.807) is 13.1 Å². The number of benzene rings is 1. The van der Waals surface area contributed by atoms with Crippen molar-refractivity contribution in [2.45, 2.75) is 50.8 Å². The zero-order valence-electron chi connectivity index (χ0n) is 15.9. The van der Waals surface area contributed by atoms with Crippen LogP contribution in [-0.4, -0.2) is 37.4 Å². The predicted octanol–water partition coefficient (Wildman–Crippen LogP) is 2.40. The Morgan fingerprint density at radius 2 is 2.07 bits per heavy atom. The Kier molecular flexibility index (Phi) is 8.97. The molecule has 1 aromatic rings. The molecule has 0 bridgehead atoms. The van der Waals surface area contributed by atoms with Gasteiger partial charge < -0.3 is 26.2 Å². The van der Waals surface area contributed by atoms with Crippen LogP contribution in [0.15, 0.2) is 30.2 Å². The number of ether oxygens (including phenoxy) is 1. The zero-order chi connectivity index (χ0) is 19.6. The molecule has 7 heteroatoms. The van der Waals surface area contributed by atoms with E-state index in [-0.39, 0.29) is 30.9 Å². The van der Waals surface area contributed by atoms with Gasteiger partial charge in [-0.2, -0.15) is 0 Å². The first-order chi connectivity index (χ1) is 13.0. The van der Waals surface area contributed by atoms with Crippen LogP contribution < -0.4 is 16.4 Å². The van der Waals surface area contributed by atoms with Crippen molar-refractivity contribution in [3.63, 3.8) is 0 Å². The fourth-order valence-electron chi connectivity index (χ4n) is 3.47. The van der Waals surface area contributed by atoms with Crippen LogP contribution in [-0.2, 0) is 11.3 Å². The Hall–Kier alpha value is -1.70. The SMILES string of the molecule is CNCC(N)/C=C(\NC(CO)C1CCCCC1)OCc1cc(F)ccc1F. The molecule has 0 aliphatic heterocycles. The third kappa shape index (κ3) is 7.08. The number of likely N-dealkylation sites (N-methyl/N-ethyl adjacent to an activating group) is 1. The van der Waals surface area contributed by atoms with Crippen molar-refractivity contribution >= 4 is 0 Å². The van der Waals surface area contributed by atoms with Gasteiger partial charge in [-0.15, -0.1) is 0 Å². The molecule has 1 saturated carbocycles. The fourth-order valence-corrected chi connectivity index (χ4v) is 3.47. The smallest absolute Gasteiger partial charge is 0.184 e. The molecule has 1 aliphatic rings. The lowest BCUT2D eigenvalue weighted by atomic mass is 9.84. The van der Waals surface area contributed by atoms with Crippen LogP contribution in [0, 0.1) is 17.6 Å². The largest absolute Gasteiger partial charge is 0.474 e. The van der Waals surface area contributed by atoms with Crippen LogP contribution in [0.25, 0.3) is 0 Å². The lowest BCUT2D eigenvalue weighted by Gasteiger charge is -2.31. The number of nitrogens with two attached hydrogens (primary N) is 1. The molecule has 5 N–H and O–H groups in total. The van der Waals surface area contributed by atoms with Crippen molar-refractivity contribution in [2.75, 3.05) is 20.2 Å². The zero-order valence-corrected chi connectivity index (χ0v) is 15.9. The van der Waals surface area contributed by atoms with Gasteiger partial charge in [0.15, 0.2) is 5.88 Å². The number of hydrogen-bond donors (Lipinski definition) is 4. The van der Waals surface area contributed by atoms with Gasteiger partial charge in [-0.25, -0.2) is 8.78 Å². The van der Waals surface area contributed by atoms with Crippen LogP contribution in [0.5, 0.6) is 0 Å². The number of rotatable bonds is 10. The summed E-state index contributed by atoms with van der Waals surface area (Å²) >= 11 is 0. The third-order valence-corrected chi connectivity index (χ3v) is 4.94. The highest BCUT2D eigenvalue weighted by molar-refractivity contribution is 5.18. The van der Waals surface area contributed by atoms with Gasteiger partial charge in [0.05, 0.1) is 12.6 Å². The summed E-state index contributed by atoms with van der Waals surface area (Å²) in [7, 11) is 1.79. The summed E-state index contributed by atoms with van der Waals surface area (Å²) in [6.07, 6.45) is 7.32. The minimum absolute atomic E-state index is 0.0268. The molecule has 5 nitrogen and oxygen atoms in total. The second-order valence-electron chi connectivity index (χ2n) is 7.11. The molecule has 0 aromatic heterocycles. The fraction of sp³-hybridized carbons (Fsp3) is 0.600. The van der Waals surface area contributed by atoms with E-state index in [2.05, 4.69) is 10.6 Å². The molecule has 0 heterocycles. The van der Waals surface area contributed by atoms with Gasteiger partial charge in [-0.1, -0.05) is 19.3 Å². The van der Waals surface area contributed by atoms with Gasteiger partial charge in [0, 0.05) is 18.2 Å². The standard InChI is InChI=1S/C20H31F2N3O2/c1-24-11-17(23)10-20(25-19(12-26)14-5-3-2-4-6-14)27-13-15-9-16(21)7-8-18(15)22/h7-10,14,17,19,24-26H,2-6,11-13,23H2,1H3/b20-10+. The normalized spacial score (nSPS) is 18.2. The monoisotopic (exact) mass is 383 g/mol. The molecule has 1 aliphatic carbocycles. The van der Waals surface area contributed by atoms with Crippen molar-refractivity contribution in [3.8, 4) is 0 Å². The summed E-state index contributed by atoms with van der Waals surface area (Å²) in [4.78, 5) is 0. The van der Waals surface area contributed by atoms with Crippen molar-refractivity contribution < 1.29 is 18.6 Å². The predicted molar refractivity (Wildman–Crippen MR) is 102 cm³/mol. The molecule has 2 unspecified atom stereocenters. The lowest BCUT2D eigenvalue weighted by Crippen LogP contribution is -2.41. The first-order valence-electron chi connectivity index (χ1n) is 9.59. The molecule has 27 heavy (non-hydrogen) atoms. The Labute approximate surface area is 160 Å².